The fourth-order valence-corrected chi connectivity index (χ4v) is 2.15. The number of nitrogens with one attached hydrogen (secondary N) is 2. The summed E-state index contributed by atoms with van der Waals surface area (Å²) >= 11 is 0. The number of methoxy groups -OCH3 is 1. The quantitative estimate of drug-likeness (QED) is 0.728. The number of aromatic nitrogens is 2. The van der Waals surface area contributed by atoms with Crippen LogP contribution in [0.2, 0.25) is 0 Å². The molecule has 2 aromatic carbocycles. The maximum Gasteiger partial charge on any atom is 0.359 e. The van der Waals surface area contributed by atoms with E-state index in [9.17, 15) is 14.0 Å². The monoisotopic (exact) mass is 313 g/mol. The van der Waals surface area contributed by atoms with Gasteiger partial charge >= 0.3 is 5.97 Å². The number of aromatic amines is 1. The van der Waals surface area contributed by atoms with E-state index in [-0.39, 0.29) is 11.6 Å². The smallest absolute Gasteiger partial charge is 0.359 e. The molecule has 0 atom stereocenters. The second-order valence-corrected chi connectivity index (χ2v) is 4.79. The number of hydrogen-bond donors (Lipinski definition) is 2. The third kappa shape index (κ3) is 2.89. The molecule has 7 heteroatoms. The lowest BCUT2D eigenvalue weighted by atomic mass is 10.1. The summed E-state index contributed by atoms with van der Waals surface area (Å²) in [5, 5.41) is 9.84. The minimum atomic E-state index is -0.571. The van der Waals surface area contributed by atoms with E-state index in [2.05, 4.69) is 20.3 Å². The molecule has 1 amide bonds. The van der Waals surface area contributed by atoms with E-state index >= 15 is 0 Å². The number of nitrogens with zero attached hydrogens (tertiary/aromatic N) is 1. The van der Waals surface area contributed by atoms with Crippen LogP contribution in [0.1, 0.15) is 20.8 Å². The van der Waals surface area contributed by atoms with Crippen molar-refractivity contribution in [2.75, 3.05) is 12.4 Å². The third-order valence-corrected chi connectivity index (χ3v) is 3.31. The lowest BCUT2D eigenvalue weighted by Gasteiger charge is -2.05. The van der Waals surface area contributed by atoms with Crippen molar-refractivity contribution in [3.8, 4) is 0 Å². The van der Waals surface area contributed by atoms with Crippen LogP contribution in [0.15, 0.2) is 42.5 Å². The molecule has 0 saturated heterocycles. The lowest BCUT2D eigenvalue weighted by molar-refractivity contribution is 0.0596. The first-order valence-electron chi connectivity index (χ1n) is 6.72. The highest BCUT2D eigenvalue weighted by Gasteiger charge is 2.15. The van der Waals surface area contributed by atoms with Gasteiger partial charge in [0.15, 0.2) is 5.69 Å². The van der Waals surface area contributed by atoms with Crippen LogP contribution in [-0.4, -0.2) is 29.2 Å². The molecule has 0 radical (unpaired) electrons. The topological polar surface area (TPSA) is 84.1 Å². The predicted molar refractivity (Wildman–Crippen MR) is 81.8 cm³/mol. The first-order chi connectivity index (χ1) is 11.1. The maximum atomic E-state index is 12.9. The molecule has 116 valence electrons. The molecule has 0 saturated carbocycles. The number of fused-ring (bicyclic) bond motifs is 1. The van der Waals surface area contributed by atoms with Crippen molar-refractivity contribution in [1.29, 1.82) is 0 Å². The second kappa shape index (κ2) is 5.88. The summed E-state index contributed by atoms with van der Waals surface area (Å²) in [7, 11) is 1.27. The Bertz CT molecular complexity index is 887. The van der Waals surface area contributed by atoms with Crippen LogP contribution in [0, 0.1) is 5.82 Å². The fourth-order valence-electron chi connectivity index (χ4n) is 2.15. The summed E-state index contributed by atoms with van der Waals surface area (Å²) in [6, 6.07) is 10.2. The summed E-state index contributed by atoms with van der Waals surface area (Å²) in [6.45, 7) is 0. The largest absolute Gasteiger partial charge is 0.464 e. The normalized spacial score (nSPS) is 10.5. The van der Waals surface area contributed by atoms with Gasteiger partial charge in [-0.25, -0.2) is 9.18 Å². The zero-order valence-corrected chi connectivity index (χ0v) is 12.1. The van der Waals surface area contributed by atoms with Crippen molar-refractivity contribution in [1.82, 2.24) is 10.2 Å². The Labute approximate surface area is 130 Å². The summed E-state index contributed by atoms with van der Waals surface area (Å²) in [5.41, 5.74) is 1.59. The molecule has 0 spiro atoms. The Morgan fingerprint density at radius 1 is 1.17 bits per heavy atom. The van der Waals surface area contributed by atoms with Crippen molar-refractivity contribution >= 4 is 28.5 Å². The zero-order valence-electron chi connectivity index (χ0n) is 12.1. The molecule has 0 aliphatic carbocycles. The fraction of sp³-hybridized carbons (Fsp3) is 0.0625. The van der Waals surface area contributed by atoms with Crippen molar-refractivity contribution in [2.24, 2.45) is 0 Å². The van der Waals surface area contributed by atoms with Gasteiger partial charge in [0.05, 0.1) is 12.6 Å². The van der Waals surface area contributed by atoms with Gasteiger partial charge in [0, 0.05) is 16.6 Å². The van der Waals surface area contributed by atoms with Crippen molar-refractivity contribution in [3.05, 3.63) is 59.5 Å². The van der Waals surface area contributed by atoms with Gasteiger partial charge in [0.1, 0.15) is 5.82 Å². The highest BCUT2D eigenvalue weighted by Crippen LogP contribution is 2.21. The number of halogens is 1. The molecule has 0 bridgehead atoms. The molecule has 1 aromatic heterocycles. The minimum Gasteiger partial charge on any atom is -0.464 e. The molecule has 3 aromatic rings. The molecule has 0 fully saturated rings. The van der Waals surface area contributed by atoms with Gasteiger partial charge in [0.2, 0.25) is 0 Å². The molecular weight excluding hydrogens is 301 g/mol. The Balaban J connectivity index is 1.89. The summed E-state index contributed by atoms with van der Waals surface area (Å²) in [5.74, 6) is -1.37. The van der Waals surface area contributed by atoms with Crippen molar-refractivity contribution < 1.29 is 18.7 Å². The number of carbonyl (C=O) groups excluding carboxylic acids is 2. The zero-order chi connectivity index (χ0) is 16.4. The van der Waals surface area contributed by atoms with Crippen LogP contribution >= 0.6 is 0 Å². The van der Waals surface area contributed by atoms with E-state index in [4.69, 9.17) is 0 Å². The van der Waals surface area contributed by atoms with Gasteiger partial charge < -0.3 is 10.1 Å². The lowest BCUT2D eigenvalue weighted by Crippen LogP contribution is -2.11. The summed E-state index contributed by atoms with van der Waals surface area (Å²) in [4.78, 5) is 23.8. The Morgan fingerprint density at radius 2 is 1.91 bits per heavy atom. The van der Waals surface area contributed by atoms with Gasteiger partial charge in [-0.15, -0.1) is 0 Å². The number of hydrogen-bond acceptors (Lipinski definition) is 4. The van der Waals surface area contributed by atoms with Gasteiger partial charge in [-0.1, -0.05) is 0 Å². The van der Waals surface area contributed by atoms with E-state index in [1.54, 1.807) is 18.2 Å². The van der Waals surface area contributed by atoms with Crippen LogP contribution in [-0.2, 0) is 4.74 Å². The van der Waals surface area contributed by atoms with E-state index in [1.807, 2.05) is 0 Å². The SMILES string of the molecule is COC(=O)c1n[nH]c2ccc(NC(=O)c3ccc(F)cc3)cc12. The predicted octanol–water partition coefficient (Wildman–Crippen LogP) is 2.74. The molecule has 0 aliphatic heterocycles. The molecule has 23 heavy (non-hydrogen) atoms. The molecule has 3 rings (SSSR count). The van der Waals surface area contributed by atoms with Crippen LogP contribution in [0.4, 0.5) is 10.1 Å². The summed E-state index contributed by atoms with van der Waals surface area (Å²) in [6.07, 6.45) is 0. The third-order valence-electron chi connectivity index (χ3n) is 3.31. The first kappa shape index (κ1) is 14.7. The molecule has 0 aliphatic rings. The van der Waals surface area contributed by atoms with Gasteiger partial charge in [-0.2, -0.15) is 5.10 Å². The van der Waals surface area contributed by atoms with Crippen LogP contribution in [0.3, 0.4) is 0 Å². The number of rotatable bonds is 3. The Hall–Kier alpha value is -3.22. The van der Waals surface area contributed by atoms with Crippen LogP contribution in [0.5, 0.6) is 0 Å². The highest BCUT2D eigenvalue weighted by atomic mass is 19.1. The average molecular weight is 313 g/mol. The molecule has 0 unspecified atom stereocenters. The Morgan fingerprint density at radius 3 is 2.61 bits per heavy atom. The number of carbonyl (C=O) groups is 2. The molecule has 2 N–H and O–H groups in total. The van der Waals surface area contributed by atoms with E-state index in [1.165, 1.54) is 31.4 Å². The summed E-state index contributed by atoms with van der Waals surface area (Å²) < 4.78 is 17.5. The Kier molecular flexibility index (Phi) is 3.76. The number of anilines is 1. The number of amides is 1. The van der Waals surface area contributed by atoms with Gasteiger partial charge in [0.25, 0.3) is 5.91 Å². The van der Waals surface area contributed by atoms with E-state index in [0.717, 1.165) is 0 Å². The van der Waals surface area contributed by atoms with Crippen LogP contribution in [0.25, 0.3) is 10.9 Å². The number of benzene rings is 2. The molecule has 6 nitrogen and oxygen atoms in total. The average Bonchev–Trinajstić information content (AvgIpc) is 2.98. The number of ether oxygens (including phenoxy) is 1. The number of esters is 1. The van der Waals surface area contributed by atoms with Crippen molar-refractivity contribution in [3.63, 3.8) is 0 Å². The van der Waals surface area contributed by atoms with Gasteiger partial charge in [-0.05, 0) is 42.5 Å². The standard InChI is InChI=1S/C16H12FN3O3/c1-23-16(22)14-12-8-11(6-7-13(12)19-20-14)18-15(21)9-2-4-10(17)5-3-9/h2-8H,1H3,(H,18,21)(H,19,20). The van der Waals surface area contributed by atoms with E-state index in [0.29, 0.717) is 22.2 Å². The molecular formula is C16H12FN3O3. The number of H-pyrrole nitrogens is 1. The minimum absolute atomic E-state index is 0.139. The highest BCUT2D eigenvalue weighted by molar-refractivity contribution is 6.07. The maximum absolute atomic E-state index is 12.9. The molecule has 1 heterocycles. The second-order valence-electron chi connectivity index (χ2n) is 4.79. The van der Waals surface area contributed by atoms with Crippen LogP contribution < -0.4 is 5.32 Å². The van der Waals surface area contributed by atoms with Gasteiger partial charge in [-0.3, -0.25) is 9.89 Å². The first-order valence-corrected chi connectivity index (χ1v) is 6.72. The van der Waals surface area contributed by atoms with E-state index < -0.39 is 11.8 Å². The van der Waals surface area contributed by atoms with Crippen molar-refractivity contribution in [2.45, 2.75) is 0 Å².